The van der Waals surface area contributed by atoms with E-state index in [9.17, 15) is 9.18 Å². The van der Waals surface area contributed by atoms with Crippen molar-refractivity contribution in [1.29, 1.82) is 0 Å². The van der Waals surface area contributed by atoms with E-state index in [0.29, 0.717) is 5.56 Å². The smallest absolute Gasteiger partial charge is 0.267 e. The van der Waals surface area contributed by atoms with E-state index in [-0.39, 0.29) is 0 Å². The summed E-state index contributed by atoms with van der Waals surface area (Å²) in [6, 6.07) is 24.8. The van der Waals surface area contributed by atoms with Gasteiger partial charge in [0.15, 0.2) is 0 Å². The predicted octanol–water partition coefficient (Wildman–Crippen LogP) is 4.44. The van der Waals surface area contributed by atoms with Gasteiger partial charge in [-0.15, -0.1) is 0 Å². The monoisotopic (exact) mass is 384 g/mol. The van der Waals surface area contributed by atoms with Crippen LogP contribution in [0, 0.1) is 5.82 Å². The summed E-state index contributed by atoms with van der Waals surface area (Å²) < 4.78 is 14.8. The molecule has 1 N–H and O–H groups in total. The number of carbonyl (C=O) groups is 1. The molecule has 0 saturated heterocycles. The van der Waals surface area contributed by atoms with Gasteiger partial charge in [-0.2, -0.15) is 10.2 Å². The summed E-state index contributed by atoms with van der Waals surface area (Å²) in [7, 11) is 0. The molecule has 0 fully saturated rings. The van der Waals surface area contributed by atoms with Gasteiger partial charge in [0, 0.05) is 22.9 Å². The standard InChI is InChI=1S/C23H17FN4O/c24-20-13-11-18(12-14-20)23(29)26-25-15-19-16-28(21-9-5-2-6-10-21)27-22(19)17-7-3-1-4-8-17/h1-16H,(H,26,29). The van der Waals surface area contributed by atoms with Crippen molar-refractivity contribution in [3.05, 3.63) is 108 Å². The quantitative estimate of drug-likeness (QED) is 0.408. The number of aromatic nitrogens is 2. The Kier molecular flexibility index (Phi) is 5.25. The highest BCUT2D eigenvalue weighted by Gasteiger charge is 2.11. The minimum atomic E-state index is -0.419. The maximum absolute atomic E-state index is 13.0. The van der Waals surface area contributed by atoms with Crippen molar-refractivity contribution in [2.75, 3.05) is 0 Å². The molecule has 142 valence electrons. The first-order valence-electron chi connectivity index (χ1n) is 9.00. The van der Waals surface area contributed by atoms with Crippen molar-refractivity contribution in [3.63, 3.8) is 0 Å². The second kappa shape index (κ2) is 8.31. The number of benzene rings is 3. The van der Waals surface area contributed by atoms with Crippen LogP contribution in [-0.2, 0) is 0 Å². The summed E-state index contributed by atoms with van der Waals surface area (Å²) in [6.45, 7) is 0. The topological polar surface area (TPSA) is 59.3 Å². The molecule has 5 nitrogen and oxygen atoms in total. The van der Waals surface area contributed by atoms with Gasteiger partial charge in [0.1, 0.15) is 11.5 Å². The van der Waals surface area contributed by atoms with Crippen molar-refractivity contribution < 1.29 is 9.18 Å². The molecule has 0 spiro atoms. The molecule has 0 saturated carbocycles. The minimum absolute atomic E-state index is 0.326. The Morgan fingerprint density at radius 1 is 0.931 bits per heavy atom. The molecule has 0 bridgehead atoms. The van der Waals surface area contributed by atoms with Gasteiger partial charge in [-0.1, -0.05) is 48.5 Å². The molecule has 0 aliphatic rings. The van der Waals surface area contributed by atoms with Crippen LogP contribution in [0.4, 0.5) is 4.39 Å². The van der Waals surface area contributed by atoms with Gasteiger partial charge in [0.2, 0.25) is 0 Å². The van der Waals surface area contributed by atoms with Crippen LogP contribution in [0.1, 0.15) is 15.9 Å². The Bertz CT molecular complexity index is 1140. The van der Waals surface area contributed by atoms with Gasteiger partial charge in [-0.05, 0) is 36.4 Å². The molecule has 0 aliphatic carbocycles. The molecule has 29 heavy (non-hydrogen) atoms. The molecule has 0 radical (unpaired) electrons. The van der Waals surface area contributed by atoms with Crippen LogP contribution in [0.3, 0.4) is 0 Å². The van der Waals surface area contributed by atoms with Crippen molar-refractivity contribution in [3.8, 4) is 16.9 Å². The van der Waals surface area contributed by atoms with Crippen LogP contribution in [0.5, 0.6) is 0 Å². The highest BCUT2D eigenvalue weighted by atomic mass is 19.1. The van der Waals surface area contributed by atoms with Gasteiger partial charge >= 0.3 is 0 Å². The van der Waals surface area contributed by atoms with Crippen molar-refractivity contribution in [2.45, 2.75) is 0 Å². The lowest BCUT2D eigenvalue weighted by Gasteiger charge is -2.00. The summed E-state index contributed by atoms with van der Waals surface area (Å²) in [6.07, 6.45) is 3.40. The fourth-order valence-corrected chi connectivity index (χ4v) is 2.84. The number of carbonyl (C=O) groups excluding carboxylic acids is 1. The Hall–Kier alpha value is -4.06. The molecule has 0 atom stereocenters. The molecule has 3 aromatic carbocycles. The fraction of sp³-hybridized carbons (Fsp3) is 0. The lowest BCUT2D eigenvalue weighted by atomic mass is 10.1. The summed E-state index contributed by atoms with van der Waals surface area (Å²) >= 11 is 0. The number of amides is 1. The second-order valence-electron chi connectivity index (χ2n) is 6.29. The Morgan fingerprint density at radius 2 is 1.59 bits per heavy atom. The molecule has 1 heterocycles. The number of hydrazone groups is 1. The van der Waals surface area contributed by atoms with E-state index in [1.807, 2.05) is 66.9 Å². The zero-order valence-electron chi connectivity index (χ0n) is 15.4. The molecule has 0 unspecified atom stereocenters. The fourth-order valence-electron chi connectivity index (χ4n) is 2.84. The zero-order chi connectivity index (χ0) is 20.1. The van der Waals surface area contributed by atoms with Crippen LogP contribution in [0.15, 0.2) is 96.2 Å². The zero-order valence-corrected chi connectivity index (χ0v) is 15.4. The van der Waals surface area contributed by atoms with Gasteiger partial charge in [0.25, 0.3) is 5.91 Å². The van der Waals surface area contributed by atoms with E-state index in [4.69, 9.17) is 0 Å². The van der Waals surface area contributed by atoms with E-state index in [1.54, 1.807) is 10.9 Å². The predicted molar refractivity (Wildman–Crippen MR) is 110 cm³/mol. The third-order valence-corrected chi connectivity index (χ3v) is 4.29. The number of para-hydroxylation sites is 1. The summed E-state index contributed by atoms with van der Waals surface area (Å²) in [5.74, 6) is -0.816. The molecule has 1 amide bonds. The van der Waals surface area contributed by atoms with Crippen LogP contribution in [0.25, 0.3) is 16.9 Å². The average molecular weight is 384 g/mol. The Morgan fingerprint density at radius 3 is 2.28 bits per heavy atom. The van der Waals surface area contributed by atoms with Gasteiger partial charge in [-0.3, -0.25) is 4.79 Å². The highest BCUT2D eigenvalue weighted by molar-refractivity contribution is 5.95. The average Bonchev–Trinajstić information content (AvgIpc) is 3.19. The van der Waals surface area contributed by atoms with Crippen molar-refractivity contribution in [1.82, 2.24) is 15.2 Å². The third-order valence-electron chi connectivity index (χ3n) is 4.29. The first kappa shape index (κ1) is 18.3. The Labute approximate surface area is 167 Å². The maximum atomic E-state index is 13.0. The van der Waals surface area contributed by atoms with Crippen LogP contribution < -0.4 is 5.43 Å². The van der Waals surface area contributed by atoms with E-state index < -0.39 is 11.7 Å². The summed E-state index contributed by atoms with van der Waals surface area (Å²) in [5, 5.41) is 8.75. The molecule has 6 heteroatoms. The van der Waals surface area contributed by atoms with Gasteiger partial charge in [-0.25, -0.2) is 14.5 Å². The second-order valence-corrected chi connectivity index (χ2v) is 6.29. The van der Waals surface area contributed by atoms with Gasteiger partial charge < -0.3 is 0 Å². The van der Waals surface area contributed by atoms with E-state index in [0.717, 1.165) is 22.5 Å². The number of nitrogens with one attached hydrogen (secondary N) is 1. The van der Waals surface area contributed by atoms with E-state index in [2.05, 4.69) is 15.6 Å². The lowest BCUT2D eigenvalue weighted by Crippen LogP contribution is -2.17. The van der Waals surface area contributed by atoms with E-state index >= 15 is 0 Å². The maximum Gasteiger partial charge on any atom is 0.271 e. The number of halogens is 1. The minimum Gasteiger partial charge on any atom is -0.267 e. The van der Waals surface area contributed by atoms with Crippen LogP contribution in [-0.4, -0.2) is 21.9 Å². The highest BCUT2D eigenvalue weighted by Crippen LogP contribution is 2.22. The van der Waals surface area contributed by atoms with Crippen LogP contribution >= 0.6 is 0 Å². The number of hydrogen-bond acceptors (Lipinski definition) is 3. The molecule has 4 rings (SSSR count). The number of nitrogens with zero attached hydrogens (tertiary/aromatic N) is 3. The summed E-state index contributed by atoms with van der Waals surface area (Å²) in [5.41, 5.74) is 6.14. The number of hydrogen-bond donors (Lipinski definition) is 1. The molecule has 4 aromatic rings. The van der Waals surface area contributed by atoms with E-state index in [1.165, 1.54) is 24.3 Å². The molecule has 1 aromatic heterocycles. The molecular formula is C23H17FN4O. The van der Waals surface area contributed by atoms with Crippen LogP contribution in [0.2, 0.25) is 0 Å². The lowest BCUT2D eigenvalue weighted by molar-refractivity contribution is 0.0955. The third kappa shape index (κ3) is 4.27. The van der Waals surface area contributed by atoms with Crippen molar-refractivity contribution >= 4 is 12.1 Å². The first-order chi connectivity index (χ1) is 14.2. The normalized spacial score (nSPS) is 10.9. The molecule has 0 aliphatic heterocycles. The first-order valence-corrected chi connectivity index (χ1v) is 9.00. The van der Waals surface area contributed by atoms with Crippen molar-refractivity contribution in [2.24, 2.45) is 5.10 Å². The summed E-state index contributed by atoms with van der Waals surface area (Å²) in [4.78, 5) is 12.2. The SMILES string of the molecule is O=C(NN=Cc1cn(-c2ccccc2)nc1-c1ccccc1)c1ccc(F)cc1. The largest absolute Gasteiger partial charge is 0.271 e. The molecular weight excluding hydrogens is 367 g/mol. The number of rotatable bonds is 5. The Balaban J connectivity index is 1.61. The van der Waals surface area contributed by atoms with Gasteiger partial charge in [0.05, 0.1) is 11.9 Å².